The molecule has 0 spiro atoms. The number of benzene rings is 1. The van der Waals surface area contributed by atoms with Gasteiger partial charge in [0.2, 0.25) is 0 Å². The van der Waals surface area contributed by atoms with E-state index in [2.05, 4.69) is 29.4 Å². The molecule has 4 rings (SSSR count). The predicted octanol–water partition coefficient (Wildman–Crippen LogP) is 4.14. The van der Waals surface area contributed by atoms with Crippen molar-refractivity contribution in [1.82, 2.24) is 19.9 Å². The molecule has 2 fully saturated rings. The average molecular weight is 448 g/mol. The van der Waals surface area contributed by atoms with Gasteiger partial charge in [-0.25, -0.2) is 4.79 Å². The van der Waals surface area contributed by atoms with E-state index in [1.54, 1.807) is 37.7 Å². The highest BCUT2D eigenvalue weighted by atomic mass is 35.5. The number of aromatic nitrogens is 3. The van der Waals surface area contributed by atoms with Crippen molar-refractivity contribution in [3.63, 3.8) is 0 Å². The summed E-state index contributed by atoms with van der Waals surface area (Å²) in [6.07, 6.45) is 6.96. The maximum Gasteiger partial charge on any atom is 0.322 e. The Kier molecular flexibility index (Phi) is 6.50. The van der Waals surface area contributed by atoms with E-state index >= 15 is 0 Å². The fourth-order valence-electron chi connectivity index (χ4n) is 5.35. The number of nitrogens with zero attached hydrogens (tertiary/aromatic N) is 4. The molecule has 2 amide bonds. The molecule has 9 heteroatoms. The lowest BCUT2D eigenvalue weighted by molar-refractivity contribution is -0.173. The van der Waals surface area contributed by atoms with Gasteiger partial charge in [-0.15, -0.1) is 0 Å². The summed E-state index contributed by atoms with van der Waals surface area (Å²) in [5.41, 5.74) is 1.00. The number of piperidine rings is 1. The number of urea groups is 1. The number of fused-ring (bicyclic) bond motifs is 2. The Morgan fingerprint density at radius 1 is 1.32 bits per heavy atom. The Labute approximate surface area is 187 Å². The van der Waals surface area contributed by atoms with E-state index < -0.39 is 0 Å². The topological polar surface area (TPSA) is 81.5 Å². The third-order valence-corrected chi connectivity index (χ3v) is 6.76. The van der Waals surface area contributed by atoms with E-state index in [0.29, 0.717) is 35.5 Å². The summed E-state index contributed by atoms with van der Waals surface area (Å²) < 4.78 is 11.3. The van der Waals surface area contributed by atoms with Crippen LogP contribution in [-0.2, 0) is 9.47 Å². The number of methoxy groups -OCH3 is 1. The number of nitrogens with one attached hydrogen (secondary N) is 1. The van der Waals surface area contributed by atoms with E-state index in [9.17, 15) is 4.79 Å². The van der Waals surface area contributed by atoms with Crippen LogP contribution in [0.1, 0.15) is 39.5 Å². The maximum atomic E-state index is 13.4. The summed E-state index contributed by atoms with van der Waals surface area (Å²) >= 11 is 6.31. The van der Waals surface area contributed by atoms with E-state index in [1.807, 2.05) is 4.90 Å². The van der Waals surface area contributed by atoms with Gasteiger partial charge in [0.05, 0.1) is 42.3 Å². The molecular weight excluding hydrogens is 418 g/mol. The number of anilines is 1. The van der Waals surface area contributed by atoms with Crippen molar-refractivity contribution >= 4 is 23.3 Å². The van der Waals surface area contributed by atoms with Crippen LogP contribution in [0.25, 0.3) is 5.69 Å². The van der Waals surface area contributed by atoms with Crippen LogP contribution in [0.15, 0.2) is 30.6 Å². The van der Waals surface area contributed by atoms with Gasteiger partial charge in [0.1, 0.15) is 5.69 Å². The smallest absolute Gasteiger partial charge is 0.322 e. The molecule has 2 unspecified atom stereocenters. The summed E-state index contributed by atoms with van der Waals surface area (Å²) in [5, 5.41) is 11.9. The van der Waals surface area contributed by atoms with Crippen LogP contribution < -0.4 is 5.32 Å². The van der Waals surface area contributed by atoms with Crippen molar-refractivity contribution in [2.75, 3.05) is 25.6 Å². The summed E-state index contributed by atoms with van der Waals surface area (Å²) in [7, 11) is 1.67. The summed E-state index contributed by atoms with van der Waals surface area (Å²) in [6, 6.07) is 5.47. The maximum absolute atomic E-state index is 13.4. The summed E-state index contributed by atoms with van der Waals surface area (Å²) in [5.74, 6) is 0.566. The van der Waals surface area contributed by atoms with Crippen molar-refractivity contribution in [1.29, 1.82) is 0 Å². The van der Waals surface area contributed by atoms with Gasteiger partial charge >= 0.3 is 6.03 Å². The Morgan fingerprint density at radius 3 is 2.81 bits per heavy atom. The molecule has 1 saturated heterocycles. The third-order valence-electron chi connectivity index (χ3n) is 6.44. The summed E-state index contributed by atoms with van der Waals surface area (Å²) in [4.78, 5) is 16.9. The zero-order valence-electron chi connectivity index (χ0n) is 18.3. The molecule has 31 heavy (non-hydrogen) atoms. The highest BCUT2D eigenvalue weighted by Crippen LogP contribution is 2.53. The molecule has 1 aromatic carbocycles. The number of hydrogen-bond donors (Lipinski definition) is 1. The minimum Gasteiger partial charge on any atom is -0.382 e. The lowest BCUT2D eigenvalue weighted by atomic mass is 9.61. The monoisotopic (exact) mass is 447 g/mol. The average Bonchev–Trinajstić information content (AvgIpc) is 3.26. The molecule has 1 aliphatic carbocycles. The van der Waals surface area contributed by atoms with Crippen LogP contribution in [0.2, 0.25) is 5.02 Å². The largest absolute Gasteiger partial charge is 0.382 e. The molecule has 0 radical (unpaired) electrons. The molecular formula is C22H30ClN5O3. The van der Waals surface area contributed by atoms with Crippen LogP contribution in [-0.4, -0.2) is 63.9 Å². The van der Waals surface area contributed by atoms with Gasteiger partial charge in [-0.05, 0) is 49.8 Å². The van der Waals surface area contributed by atoms with Crippen LogP contribution in [0.4, 0.5) is 10.5 Å². The number of hydrogen-bond acceptors (Lipinski definition) is 5. The minimum atomic E-state index is -0.270. The van der Waals surface area contributed by atoms with E-state index in [0.717, 1.165) is 25.7 Å². The number of carbonyl (C=O) groups is 1. The van der Waals surface area contributed by atoms with E-state index in [1.165, 1.54) is 4.80 Å². The van der Waals surface area contributed by atoms with Gasteiger partial charge in [0, 0.05) is 18.8 Å². The molecule has 1 saturated carbocycles. The van der Waals surface area contributed by atoms with Gasteiger partial charge < -0.3 is 19.7 Å². The highest BCUT2D eigenvalue weighted by molar-refractivity contribution is 6.32. The zero-order valence-corrected chi connectivity index (χ0v) is 19.0. The van der Waals surface area contributed by atoms with Gasteiger partial charge in [0.15, 0.2) is 0 Å². The van der Waals surface area contributed by atoms with E-state index in [4.69, 9.17) is 21.1 Å². The van der Waals surface area contributed by atoms with Crippen molar-refractivity contribution in [3.8, 4) is 5.69 Å². The van der Waals surface area contributed by atoms with E-state index in [-0.39, 0.29) is 23.7 Å². The van der Waals surface area contributed by atoms with Crippen molar-refractivity contribution < 1.29 is 14.3 Å². The molecule has 1 aromatic heterocycles. The van der Waals surface area contributed by atoms with Gasteiger partial charge in [-0.2, -0.15) is 15.0 Å². The Morgan fingerprint density at radius 2 is 2.10 bits per heavy atom. The zero-order chi connectivity index (χ0) is 22.0. The first kappa shape index (κ1) is 22.0. The number of amides is 2. The first-order valence-corrected chi connectivity index (χ1v) is 11.2. The first-order chi connectivity index (χ1) is 15.0. The highest BCUT2D eigenvalue weighted by Gasteiger charge is 2.61. The molecule has 2 aromatic rings. The standard InChI is InChI=1S/C22H30ClN5O3/c1-4-20(31-10-9-30-3)22-13-15(2)11-17(14-22)27(22)21(29)26-16-5-6-18(23)19(12-16)28-24-7-8-25-28/h5-8,12,15,17,20H,4,9-11,13-14H2,1-3H3,(H,26,29)/t15-,17?,20?,22+/m0/s1. The van der Waals surface area contributed by atoms with Crippen LogP contribution in [0.5, 0.6) is 0 Å². The van der Waals surface area contributed by atoms with Gasteiger partial charge in [-0.1, -0.05) is 25.4 Å². The number of likely N-dealkylation sites (tertiary alicyclic amines) is 1. The third kappa shape index (κ3) is 4.16. The normalized spacial score (nSPS) is 25.7. The van der Waals surface area contributed by atoms with Crippen molar-refractivity contribution in [2.45, 2.75) is 57.2 Å². The Bertz CT molecular complexity index is 909. The van der Waals surface area contributed by atoms with Crippen LogP contribution in [0, 0.1) is 5.92 Å². The quantitative estimate of drug-likeness (QED) is 0.615. The summed E-state index contributed by atoms with van der Waals surface area (Å²) in [6.45, 7) is 5.47. The fourth-order valence-corrected chi connectivity index (χ4v) is 5.54. The number of rotatable bonds is 8. The molecule has 168 valence electrons. The second-order valence-corrected chi connectivity index (χ2v) is 8.96. The molecule has 4 atom stereocenters. The van der Waals surface area contributed by atoms with Crippen LogP contribution in [0.3, 0.4) is 0 Å². The number of halogens is 1. The molecule has 1 N–H and O–H groups in total. The van der Waals surface area contributed by atoms with Crippen LogP contribution >= 0.6 is 11.6 Å². The second-order valence-electron chi connectivity index (χ2n) is 8.55. The van der Waals surface area contributed by atoms with Crippen molar-refractivity contribution in [3.05, 3.63) is 35.6 Å². The lowest BCUT2D eigenvalue weighted by Gasteiger charge is -2.65. The number of carbonyl (C=O) groups excluding carboxylic acids is 1. The predicted molar refractivity (Wildman–Crippen MR) is 119 cm³/mol. The molecule has 8 nitrogen and oxygen atoms in total. The van der Waals surface area contributed by atoms with Gasteiger partial charge in [-0.3, -0.25) is 0 Å². The lowest BCUT2D eigenvalue weighted by Crippen LogP contribution is -2.76. The van der Waals surface area contributed by atoms with Gasteiger partial charge in [0.25, 0.3) is 0 Å². The molecule has 1 aliphatic heterocycles. The SMILES string of the molecule is CCC(OCCOC)[C@]12CC(C[C@H](C)C1)N2C(=O)Nc1ccc(Cl)c(-n2nccn2)c1. The number of ether oxygens (including phenoxy) is 2. The fraction of sp³-hybridized carbons (Fsp3) is 0.591. The second kappa shape index (κ2) is 9.14. The Balaban J connectivity index is 1.54. The Hall–Kier alpha value is -2.16. The molecule has 2 aliphatic rings. The first-order valence-electron chi connectivity index (χ1n) is 10.9. The van der Waals surface area contributed by atoms with Crippen molar-refractivity contribution in [2.24, 2.45) is 5.92 Å². The minimum absolute atomic E-state index is 0.0125. The molecule has 2 heterocycles. The molecule has 2 bridgehead atoms.